The Labute approximate surface area is 164 Å². The van der Waals surface area contributed by atoms with Gasteiger partial charge in [0, 0.05) is 11.1 Å². The second-order valence-electron chi connectivity index (χ2n) is 6.55. The van der Waals surface area contributed by atoms with E-state index in [-0.39, 0.29) is 17.2 Å². The molecular weight excluding hydrogens is 360 g/mol. The van der Waals surface area contributed by atoms with Gasteiger partial charge in [0.2, 0.25) is 11.5 Å². The average molecular weight is 386 g/mol. The summed E-state index contributed by atoms with van der Waals surface area (Å²) in [6.45, 7) is 0. The van der Waals surface area contributed by atoms with E-state index in [9.17, 15) is 10.2 Å². The Hall–Kier alpha value is -3.02. The van der Waals surface area contributed by atoms with Crippen LogP contribution in [0.25, 0.3) is 5.57 Å². The Morgan fingerprint density at radius 2 is 1.46 bits per heavy atom. The number of benzene rings is 2. The Balaban J connectivity index is 2.30. The van der Waals surface area contributed by atoms with Crippen molar-refractivity contribution in [3.05, 3.63) is 41.0 Å². The van der Waals surface area contributed by atoms with Crippen LogP contribution in [0.1, 0.15) is 36.0 Å². The number of hydrogen-bond acceptors (Lipinski definition) is 6. The van der Waals surface area contributed by atoms with Gasteiger partial charge < -0.3 is 29.2 Å². The highest BCUT2D eigenvalue weighted by Crippen LogP contribution is 2.49. The van der Waals surface area contributed by atoms with Gasteiger partial charge in [-0.05, 0) is 55.0 Å². The molecule has 0 heterocycles. The van der Waals surface area contributed by atoms with Crippen molar-refractivity contribution in [1.82, 2.24) is 0 Å². The van der Waals surface area contributed by atoms with Gasteiger partial charge in [-0.25, -0.2) is 0 Å². The highest BCUT2D eigenvalue weighted by atomic mass is 16.5. The monoisotopic (exact) mass is 386 g/mol. The molecule has 0 aromatic heterocycles. The van der Waals surface area contributed by atoms with Gasteiger partial charge in [-0.1, -0.05) is 6.08 Å². The number of phenolic OH excluding ortho intramolecular Hbond substituents is 2. The highest BCUT2D eigenvalue weighted by molar-refractivity contribution is 5.88. The molecule has 2 aromatic carbocycles. The van der Waals surface area contributed by atoms with E-state index in [2.05, 4.69) is 6.08 Å². The normalized spacial score (nSPS) is 15.5. The quantitative estimate of drug-likeness (QED) is 0.747. The summed E-state index contributed by atoms with van der Waals surface area (Å²) < 4.78 is 21.8. The summed E-state index contributed by atoms with van der Waals surface area (Å²) in [5, 5.41) is 20.9. The van der Waals surface area contributed by atoms with Crippen LogP contribution in [0.5, 0.6) is 34.5 Å². The van der Waals surface area contributed by atoms with Crippen molar-refractivity contribution in [3.63, 3.8) is 0 Å². The van der Waals surface area contributed by atoms with Gasteiger partial charge in [0.15, 0.2) is 23.0 Å². The lowest BCUT2D eigenvalue weighted by molar-refractivity contribution is 0.321. The maximum Gasteiger partial charge on any atom is 0.203 e. The lowest BCUT2D eigenvalue weighted by atomic mass is 9.86. The minimum Gasteiger partial charge on any atom is -0.504 e. The first kappa shape index (κ1) is 19.7. The van der Waals surface area contributed by atoms with Crippen LogP contribution >= 0.6 is 0 Å². The predicted molar refractivity (Wildman–Crippen MR) is 107 cm³/mol. The molecule has 0 amide bonds. The van der Waals surface area contributed by atoms with Crippen molar-refractivity contribution >= 4 is 5.57 Å². The molecule has 6 nitrogen and oxygen atoms in total. The molecule has 0 bridgehead atoms. The number of rotatable bonds is 5. The number of allylic oxidation sites excluding steroid dienone is 1. The second kappa shape index (κ2) is 8.33. The van der Waals surface area contributed by atoms with Crippen LogP contribution in [0.4, 0.5) is 0 Å². The molecule has 1 aliphatic carbocycles. The van der Waals surface area contributed by atoms with Gasteiger partial charge in [0.1, 0.15) is 0 Å². The third kappa shape index (κ3) is 3.30. The van der Waals surface area contributed by atoms with Crippen molar-refractivity contribution in [1.29, 1.82) is 0 Å². The number of aromatic hydroxyl groups is 2. The number of fused-ring (bicyclic) bond motifs is 1. The Morgan fingerprint density at radius 1 is 0.750 bits per heavy atom. The predicted octanol–water partition coefficient (Wildman–Crippen LogP) is 4.29. The molecule has 0 saturated carbocycles. The Kier molecular flexibility index (Phi) is 5.87. The van der Waals surface area contributed by atoms with E-state index < -0.39 is 0 Å². The zero-order valence-corrected chi connectivity index (χ0v) is 16.7. The van der Waals surface area contributed by atoms with E-state index in [4.69, 9.17) is 18.9 Å². The molecule has 1 aliphatic rings. The van der Waals surface area contributed by atoms with Crippen LogP contribution in [-0.2, 0) is 6.42 Å². The van der Waals surface area contributed by atoms with Gasteiger partial charge >= 0.3 is 0 Å². The molecule has 0 atom stereocenters. The van der Waals surface area contributed by atoms with Crippen LogP contribution < -0.4 is 18.9 Å². The molecule has 0 saturated heterocycles. The third-order valence-corrected chi connectivity index (χ3v) is 5.08. The van der Waals surface area contributed by atoms with Crippen LogP contribution in [-0.4, -0.2) is 38.7 Å². The molecule has 6 heteroatoms. The van der Waals surface area contributed by atoms with Crippen LogP contribution in [0.15, 0.2) is 24.3 Å². The minimum atomic E-state index is -0.281. The maximum absolute atomic E-state index is 10.6. The van der Waals surface area contributed by atoms with E-state index in [1.807, 2.05) is 6.07 Å². The topological polar surface area (TPSA) is 77.4 Å². The van der Waals surface area contributed by atoms with Crippen LogP contribution in [0.2, 0.25) is 0 Å². The van der Waals surface area contributed by atoms with E-state index in [0.717, 1.165) is 42.4 Å². The molecular formula is C22H26O6. The van der Waals surface area contributed by atoms with Gasteiger partial charge in [0.05, 0.1) is 28.4 Å². The molecule has 0 fully saturated rings. The molecule has 0 unspecified atom stereocenters. The van der Waals surface area contributed by atoms with E-state index in [1.165, 1.54) is 7.11 Å². The molecule has 28 heavy (non-hydrogen) atoms. The summed E-state index contributed by atoms with van der Waals surface area (Å²) in [6.07, 6.45) is 5.74. The fourth-order valence-electron chi connectivity index (χ4n) is 3.71. The Morgan fingerprint density at radius 3 is 2.11 bits per heavy atom. The summed E-state index contributed by atoms with van der Waals surface area (Å²) in [5.74, 6) is 1.44. The molecule has 150 valence electrons. The molecule has 0 radical (unpaired) electrons. The largest absolute Gasteiger partial charge is 0.504 e. The van der Waals surface area contributed by atoms with Crippen molar-refractivity contribution in [3.8, 4) is 34.5 Å². The van der Waals surface area contributed by atoms with Crippen molar-refractivity contribution in [2.75, 3.05) is 28.4 Å². The first-order valence-corrected chi connectivity index (χ1v) is 9.19. The minimum absolute atomic E-state index is 0.217. The van der Waals surface area contributed by atoms with E-state index in [1.54, 1.807) is 33.5 Å². The van der Waals surface area contributed by atoms with Gasteiger partial charge in [-0.3, -0.25) is 0 Å². The first-order valence-electron chi connectivity index (χ1n) is 9.19. The molecule has 2 aromatic rings. The zero-order chi connectivity index (χ0) is 20.3. The number of hydrogen-bond donors (Lipinski definition) is 2. The first-order chi connectivity index (χ1) is 13.6. The third-order valence-electron chi connectivity index (χ3n) is 5.08. The van der Waals surface area contributed by atoms with Crippen molar-refractivity contribution in [2.24, 2.45) is 0 Å². The molecule has 0 spiro atoms. The zero-order valence-electron chi connectivity index (χ0n) is 16.7. The highest BCUT2D eigenvalue weighted by Gasteiger charge is 2.25. The molecule has 3 rings (SSSR count). The standard InChI is InChI=1S/C22H26O6/c1-25-17-11-10-14(19(23)20(17)24)13-8-6-5-7-9-15-16(13)12-18(26-2)22(28-4)21(15)27-3/h8,10-12,23-24H,5-7,9H2,1-4H3/b13-8-. The fourth-order valence-corrected chi connectivity index (χ4v) is 3.71. The van der Waals surface area contributed by atoms with E-state index >= 15 is 0 Å². The Bertz CT molecular complexity index is 901. The summed E-state index contributed by atoms with van der Waals surface area (Å²) in [6, 6.07) is 5.28. The molecule has 2 N–H and O–H groups in total. The second-order valence-corrected chi connectivity index (χ2v) is 6.55. The summed E-state index contributed by atoms with van der Waals surface area (Å²) in [5.41, 5.74) is 3.20. The summed E-state index contributed by atoms with van der Waals surface area (Å²) in [4.78, 5) is 0. The van der Waals surface area contributed by atoms with Crippen LogP contribution in [0, 0.1) is 0 Å². The average Bonchev–Trinajstić information content (AvgIpc) is 2.70. The van der Waals surface area contributed by atoms with Gasteiger partial charge in [-0.2, -0.15) is 0 Å². The van der Waals surface area contributed by atoms with E-state index in [0.29, 0.717) is 22.8 Å². The lowest BCUT2D eigenvalue weighted by Crippen LogP contribution is -2.06. The smallest absolute Gasteiger partial charge is 0.203 e. The van der Waals surface area contributed by atoms with Crippen LogP contribution in [0.3, 0.4) is 0 Å². The lowest BCUT2D eigenvalue weighted by Gasteiger charge is -2.23. The fraction of sp³-hybridized carbons (Fsp3) is 0.364. The SMILES string of the molecule is COc1ccc(/C2=C/CCCCc3c2cc(OC)c(OC)c3OC)c(O)c1O. The number of phenols is 2. The number of ether oxygens (including phenoxy) is 4. The maximum atomic E-state index is 10.6. The van der Waals surface area contributed by atoms with Gasteiger partial charge in [-0.15, -0.1) is 0 Å². The van der Waals surface area contributed by atoms with Crippen molar-refractivity contribution in [2.45, 2.75) is 25.7 Å². The summed E-state index contributed by atoms with van der Waals surface area (Å²) >= 11 is 0. The number of methoxy groups -OCH3 is 4. The molecule has 0 aliphatic heterocycles. The van der Waals surface area contributed by atoms with Gasteiger partial charge in [0.25, 0.3) is 0 Å². The summed E-state index contributed by atoms with van der Waals surface area (Å²) in [7, 11) is 6.21. The van der Waals surface area contributed by atoms with Crippen molar-refractivity contribution < 1.29 is 29.2 Å².